The topological polar surface area (TPSA) is 46.5 Å². The van der Waals surface area contributed by atoms with E-state index in [-0.39, 0.29) is 12.0 Å². The predicted octanol–water partition coefficient (Wildman–Crippen LogP) is 4.19. The molecule has 0 aliphatic carbocycles. The van der Waals surface area contributed by atoms with E-state index in [2.05, 4.69) is 4.74 Å². The van der Waals surface area contributed by atoms with Crippen molar-refractivity contribution in [2.45, 2.75) is 19.7 Å². The van der Waals surface area contributed by atoms with Gasteiger partial charge in [-0.2, -0.15) is 0 Å². The second-order valence-electron chi connectivity index (χ2n) is 4.76. The van der Waals surface area contributed by atoms with Gasteiger partial charge in [-0.05, 0) is 41.3 Å². The van der Waals surface area contributed by atoms with Crippen molar-refractivity contribution in [2.24, 2.45) is 0 Å². The highest BCUT2D eigenvalue weighted by molar-refractivity contribution is 5.79. The van der Waals surface area contributed by atoms with Gasteiger partial charge in [0.1, 0.15) is 5.75 Å². The summed E-state index contributed by atoms with van der Waals surface area (Å²) in [6, 6.07) is 11.3. The van der Waals surface area contributed by atoms with Gasteiger partial charge in [0.05, 0.1) is 6.42 Å². The van der Waals surface area contributed by atoms with Gasteiger partial charge in [0.2, 0.25) is 0 Å². The van der Waals surface area contributed by atoms with E-state index in [1.807, 2.05) is 0 Å². The Kier molecular flexibility index (Phi) is 4.40. The minimum absolute atomic E-state index is 0.276. The minimum atomic E-state index is -4.82. The quantitative estimate of drug-likeness (QED) is 0.921. The first-order valence-corrected chi connectivity index (χ1v) is 6.43. The molecule has 3 nitrogen and oxygen atoms in total. The Morgan fingerprint density at radius 1 is 1.18 bits per heavy atom. The van der Waals surface area contributed by atoms with Gasteiger partial charge >= 0.3 is 12.3 Å². The Labute approximate surface area is 125 Å². The number of carbonyl (C=O) groups is 1. The summed E-state index contributed by atoms with van der Waals surface area (Å²) in [5.41, 5.74) is 2.15. The van der Waals surface area contributed by atoms with Crippen molar-refractivity contribution in [3.63, 3.8) is 0 Å². The number of hydrogen-bond donors (Lipinski definition) is 1. The molecule has 0 heterocycles. The number of carboxylic acid groups (broad SMARTS) is 1. The molecule has 0 bridgehead atoms. The lowest BCUT2D eigenvalue weighted by atomic mass is 9.93. The van der Waals surface area contributed by atoms with Crippen LogP contribution in [0.4, 0.5) is 13.2 Å². The third-order valence-corrected chi connectivity index (χ3v) is 3.03. The molecule has 0 fully saturated rings. The molecule has 0 amide bonds. The molecule has 0 saturated carbocycles. The van der Waals surface area contributed by atoms with Crippen molar-refractivity contribution >= 4 is 5.97 Å². The van der Waals surface area contributed by atoms with Crippen LogP contribution in [-0.4, -0.2) is 17.4 Å². The van der Waals surface area contributed by atoms with Crippen LogP contribution in [0.3, 0.4) is 0 Å². The molecule has 22 heavy (non-hydrogen) atoms. The van der Waals surface area contributed by atoms with Crippen LogP contribution in [0.15, 0.2) is 42.5 Å². The summed E-state index contributed by atoms with van der Waals surface area (Å²) in [6.45, 7) is 1.62. The lowest BCUT2D eigenvalue weighted by Gasteiger charge is -2.16. The molecule has 0 aliphatic rings. The van der Waals surface area contributed by atoms with Crippen LogP contribution < -0.4 is 4.74 Å². The molecule has 2 rings (SSSR count). The number of aliphatic carboxylic acids is 1. The predicted molar refractivity (Wildman–Crippen MR) is 74.6 cm³/mol. The summed E-state index contributed by atoms with van der Waals surface area (Å²) in [7, 11) is 0. The molecule has 0 aliphatic heterocycles. The Hall–Kier alpha value is -2.50. The second-order valence-corrected chi connectivity index (χ2v) is 4.76. The maximum Gasteiger partial charge on any atom is 0.573 e. The normalized spacial score (nSPS) is 11.3. The van der Waals surface area contributed by atoms with Crippen LogP contribution in [0.5, 0.6) is 5.75 Å². The van der Waals surface area contributed by atoms with Crippen molar-refractivity contribution in [3.05, 3.63) is 53.6 Å². The van der Waals surface area contributed by atoms with Crippen molar-refractivity contribution in [3.8, 4) is 16.9 Å². The van der Waals surface area contributed by atoms with Gasteiger partial charge in [0, 0.05) is 0 Å². The zero-order valence-corrected chi connectivity index (χ0v) is 11.6. The first kappa shape index (κ1) is 15.9. The van der Waals surface area contributed by atoms with Crippen LogP contribution in [-0.2, 0) is 11.2 Å². The van der Waals surface area contributed by atoms with E-state index in [0.29, 0.717) is 11.1 Å². The fourth-order valence-corrected chi connectivity index (χ4v) is 2.34. The maximum atomic E-state index is 12.4. The lowest BCUT2D eigenvalue weighted by molar-refractivity contribution is -0.274. The highest BCUT2D eigenvalue weighted by Gasteiger charge is 2.31. The van der Waals surface area contributed by atoms with Gasteiger partial charge in [0.25, 0.3) is 0 Å². The molecule has 0 radical (unpaired) electrons. The molecular weight excluding hydrogens is 297 g/mol. The molecule has 2 aromatic rings. The van der Waals surface area contributed by atoms with E-state index in [1.165, 1.54) is 6.07 Å². The van der Waals surface area contributed by atoms with E-state index < -0.39 is 18.1 Å². The molecule has 0 unspecified atom stereocenters. The van der Waals surface area contributed by atoms with E-state index in [4.69, 9.17) is 5.11 Å². The Morgan fingerprint density at radius 2 is 1.82 bits per heavy atom. The summed E-state index contributed by atoms with van der Waals surface area (Å²) < 4.78 is 41.0. The van der Waals surface area contributed by atoms with Gasteiger partial charge in [-0.15, -0.1) is 13.2 Å². The zero-order valence-electron chi connectivity index (χ0n) is 11.6. The number of halogens is 3. The number of rotatable bonds is 4. The molecule has 0 saturated heterocycles. The Morgan fingerprint density at radius 3 is 2.36 bits per heavy atom. The summed E-state index contributed by atoms with van der Waals surface area (Å²) in [6.07, 6.45) is -5.21. The van der Waals surface area contributed by atoms with Crippen LogP contribution >= 0.6 is 0 Å². The highest BCUT2D eigenvalue weighted by atomic mass is 19.4. The van der Waals surface area contributed by atoms with Gasteiger partial charge in [0.15, 0.2) is 0 Å². The number of hydrogen-bond acceptors (Lipinski definition) is 2. The van der Waals surface area contributed by atoms with Gasteiger partial charge in [-0.25, -0.2) is 0 Å². The molecule has 6 heteroatoms. The summed E-state index contributed by atoms with van der Waals surface area (Å²) in [5.74, 6) is -1.54. The van der Waals surface area contributed by atoms with Crippen molar-refractivity contribution in [1.82, 2.24) is 0 Å². The summed E-state index contributed by atoms with van der Waals surface area (Å²) in [5, 5.41) is 8.99. The fourth-order valence-electron chi connectivity index (χ4n) is 2.34. The monoisotopic (exact) mass is 310 g/mol. The molecule has 2 aromatic carbocycles. The van der Waals surface area contributed by atoms with Crippen molar-refractivity contribution in [1.29, 1.82) is 0 Å². The van der Waals surface area contributed by atoms with Gasteiger partial charge in [-0.3, -0.25) is 4.79 Å². The number of carboxylic acids is 1. The standard InChI is InChI=1S/C16H13F3O3/c1-10-7-13(22-16(17,18)19)8-12(9-14(20)21)15(10)11-5-3-2-4-6-11/h2-8H,9H2,1H3,(H,20,21). The average Bonchev–Trinajstić information content (AvgIpc) is 2.36. The molecular formula is C16H13F3O3. The first-order valence-electron chi connectivity index (χ1n) is 6.43. The van der Waals surface area contributed by atoms with Crippen LogP contribution in [0, 0.1) is 6.92 Å². The van der Waals surface area contributed by atoms with Gasteiger partial charge < -0.3 is 9.84 Å². The van der Waals surface area contributed by atoms with E-state index >= 15 is 0 Å². The SMILES string of the molecule is Cc1cc(OC(F)(F)F)cc(CC(=O)O)c1-c1ccccc1. The first-order chi connectivity index (χ1) is 10.3. The number of ether oxygens (including phenoxy) is 1. The van der Waals surface area contributed by atoms with E-state index in [9.17, 15) is 18.0 Å². The van der Waals surface area contributed by atoms with Crippen molar-refractivity contribution in [2.75, 3.05) is 0 Å². The molecule has 0 aromatic heterocycles. The summed E-state index contributed by atoms with van der Waals surface area (Å²) >= 11 is 0. The van der Waals surface area contributed by atoms with E-state index in [1.54, 1.807) is 37.3 Å². The largest absolute Gasteiger partial charge is 0.573 e. The number of alkyl halides is 3. The molecule has 1 N–H and O–H groups in total. The fraction of sp³-hybridized carbons (Fsp3) is 0.188. The smallest absolute Gasteiger partial charge is 0.481 e. The zero-order chi connectivity index (χ0) is 16.3. The third-order valence-electron chi connectivity index (χ3n) is 3.03. The van der Waals surface area contributed by atoms with Gasteiger partial charge in [-0.1, -0.05) is 30.3 Å². The summed E-state index contributed by atoms with van der Waals surface area (Å²) in [4.78, 5) is 11.0. The Balaban J connectivity index is 2.55. The maximum absolute atomic E-state index is 12.4. The minimum Gasteiger partial charge on any atom is -0.481 e. The van der Waals surface area contributed by atoms with E-state index in [0.717, 1.165) is 11.6 Å². The average molecular weight is 310 g/mol. The third kappa shape index (κ3) is 4.00. The highest BCUT2D eigenvalue weighted by Crippen LogP contribution is 2.33. The number of aryl methyl sites for hydroxylation is 1. The lowest BCUT2D eigenvalue weighted by Crippen LogP contribution is -2.17. The van der Waals surface area contributed by atoms with Crippen LogP contribution in [0.25, 0.3) is 11.1 Å². The van der Waals surface area contributed by atoms with Crippen molar-refractivity contribution < 1.29 is 27.8 Å². The molecule has 0 spiro atoms. The van der Waals surface area contributed by atoms with Crippen LogP contribution in [0.2, 0.25) is 0 Å². The molecule has 0 atom stereocenters. The Bertz CT molecular complexity index is 679. The second kappa shape index (κ2) is 6.09. The molecule has 116 valence electrons. The number of benzene rings is 2. The van der Waals surface area contributed by atoms with Crippen LogP contribution in [0.1, 0.15) is 11.1 Å².